The number of halogens is 3. The Morgan fingerprint density at radius 3 is 2.55 bits per heavy atom. The summed E-state index contributed by atoms with van der Waals surface area (Å²) in [6.07, 6.45) is 0. The summed E-state index contributed by atoms with van der Waals surface area (Å²) in [7, 11) is 1.46. The van der Waals surface area contributed by atoms with Crippen molar-refractivity contribution in [3.05, 3.63) is 100.0 Å². The zero-order chi connectivity index (χ0) is 27.1. The van der Waals surface area contributed by atoms with E-state index < -0.39 is 35.1 Å². The number of nitrogens with zero attached hydrogens (tertiary/aromatic N) is 1. The van der Waals surface area contributed by atoms with Gasteiger partial charge in [0.05, 0.1) is 25.3 Å². The molecule has 0 saturated carbocycles. The summed E-state index contributed by atoms with van der Waals surface area (Å²) in [4.78, 5) is 28.1. The number of hydrogen-bond acceptors (Lipinski definition) is 6. The molecule has 1 N–H and O–H groups in total. The smallest absolute Gasteiger partial charge is 0.294 e. The van der Waals surface area contributed by atoms with Crippen LogP contribution in [0, 0.1) is 11.6 Å². The summed E-state index contributed by atoms with van der Waals surface area (Å²) in [5.74, 6) is -4.34. The molecule has 0 spiro atoms. The molecular formula is C28H20ClF2NO6. The van der Waals surface area contributed by atoms with Gasteiger partial charge in [0.25, 0.3) is 5.91 Å². The highest BCUT2D eigenvalue weighted by Crippen LogP contribution is 2.44. The Labute approximate surface area is 220 Å². The Morgan fingerprint density at radius 1 is 1.05 bits per heavy atom. The zero-order valence-electron chi connectivity index (χ0n) is 20.1. The molecule has 0 bridgehead atoms. The number of ether oxygens (including phenoxy) is 2. The number of fused-ring (bicyclic) bond motifs is 1. The Bertz CT molecular complexity index is 1630. The van der Waals surface area contributed by atoms with Crippen LogP contribution in [-0.4, -0.2) is 30.5 Å². The highest BCUT2D eigenvalue weighted by molar-refractivity contribution is 6.31. The highest BCUT2D eigenvalue weighted by Gasteiger charge is 2.46. The van der Waals surface area contributed by atoms with Crippen LogP contribution in [0.15, 0.2) is 76.4 Å². The van der Waals surface area contributed by atoms with Crippen LogP contribution >= 0.6 is 11.6 Å². The number of amides is 1. The molecule has 1 aromatic heterocycles. The number of aliphatic hydroxyl groups excluding tert-OH is 1. The number of methoxy groups -OCH3 is 1. The van der Waals surface area contributed by atoms with E-state index in [4.69, 9.17) is 25.5 Å². The number of carbonyl (C=O) groups excluding carboxylic acids is 2. The van der Waals surface area contributed by atoms with Crippen molar-refractivity contribution >= 4 is 39.9 Å². The van der Waals surface area contributed by atoms with E-state index in [0.29, 0.717) is 39.7 Å². The van der Waals surface area contributed by atoms with Crippen molar-refractivity contribution in [2.45, 2.75) is 13.0 Å². The van der Waals surface area contributed by atoms with Gasteiger partial charge in [0.15, 0.2) is 34.7 Å². The monoisotopic (exact) mass is 539 g/mol. The molecule has 1 aliphatic heterocycles. The maximum Gasteiger partial charge on any atom is 0.294 e. The molecule has 2 heterocycles. The average Bonchev–Trinajstić information content (AvgIpc) is 3.44. The van der Waals surface area contributed by atoms with E-state index in [1.54, 1.807) is 43.3 Å². The maximum absolute atomic E-state index is 14.2. The molecule has 10 heteroatoms. The molecule has 194 valence electrons. The van der Waals surface area contributed by atoms with E-state index in [9.17, 15) is 23.5 Å². The molecule has 0 fully saturated rings. The molecule has 0 aliphatic carbocycles. The predicted molar refractivity (Wildman–Crippen MR) is 136 cm³/mol. The van der Waals surface area contributed by atoms with Crippen LogP contribution < -0.4 is 14.4 Å². The van der Waals surface area contributed by atoms with Crippen LogP contribution in [0.4, 0.5) is 14.5 Å². The second kappa shape index (κ2) is 9.83. The van der Waals surface area contributed by atoms with E-state index in [-0.39, 0.29) is 17.0 Å². The summed E-state index contributed by atoms with van der Waals surface area (Å²) in [6, 6.07) is 12.6. The van der Waals surface area contributed by atoms with Crippen LogP contribution in [0.1, 0.15) is 29.1 Å². The van der Waals surface area contributed by atoms with Crippen molar-refractivity contribution in [1.82, 2.24) is 0 Å². The molecule has 1 unspecified atom stereocenters. The van der Waals surface area contributed by atoms with Gasteiger partial charge < -0.3 is 19.0 Å². The lowest BCUT2D eigenvalue weighted by atomic mass is 9.94. The fraction of sp³-hybridized carbons (Fsp3) is 0.143. The van der Waals surface area contributed by atoms with Crippen LogP contribution in [0.5, 0.6) is 11.5 Å². The van der Waals surface area contributed by atoms with Gasteiger partial charge in [-0.15, -0.1) is 0 Å². The van der Waals surface area contributed by atoms with E-state index in [0.717, 1.165) is 17.0 Å². The maximum atomic E-state index is 14.2. The van der Waals surface area contributed by atoms with Crippen molar-refractivity contribution in [2.24, 2.45) is 0 Å². The SMILES string of the molecule is CCOc1cc(C2C(C(=O)c3cc4cc(Cl)ccc4o3)=C(O)C(=O)N2c2ccc(F)c(F)c2)ccc1OC. The number of hydrogen-bond donors (Lipinski definition) is 1. The summed E-state index contributed by atoms with van der Waals surface area (Å²) in [6.45, 7) is 2.07. The highest BCUT2D eigenvalue weighted by atomic mass is 35.5. The first-order valence-corrected chi connectivity index (χ1v) is 11.9. The summed E-state index contributed by atoms with van der Waals surface area (Å²) < 4.78 is 44.6. The summed E-state index contributed by atoms with van der Waals surface area (Å²) in [5, 5.41) is 11.9. The second-order valence-electron chi connectivity index (χ2n) is 8.40. The van der Waals surface area contributed by atoms with Gasteiger partial charge in [-0.25, -0.2) is 8.78 Å². The molecule has 1 amide bonds. The van der Waals surface area contributed by atoms with Crippen LogP contribution in [0.2, 0.25) is 5.02 Å². The normalized spacial score (nSPS) is 15.4. The molecule has 3 aromatic carbocycles. The van der Waals surface area contributed by atoms with Gasteiger partial charge in [0, 0.05) is 22.2 Å². The number of furan rings is 1. The van der Waals surface area contributed by atoms with E-state index in [1.807, 2.05) is 0 Å². The third-order valence-corrected chi connectivity index (χ3v) is 6.37. The second-order valence-corrected chi connectivity index (χ2v) is 8.84. The third-order valence-electron chi connectivity index (χ3n) is 6.14. The first kappa shape index (κ1) is 25.3. The lowest BCUT2D eigenvalue weighted by molar-refractivity contribution is -0.117. The molecular weight excluding hydrogens is 520 g/mol. The number of Topliss-reactive ketones (excluding diaryl/α,β-unsaturated/α-hetero) is 1. The topological polar surface area (TPSA) is 89.2 Å². The minimum atomic E-state index is -1.23. The van der Waals surface area contributed by atoms with Gasteiger partial charge in [-0.3, -0.25) is 14.5 Å². The molecule has 7 nitrogen and oxygen atoms in total. The van der Waals surface area contributed by atoms with Gasteiger partial charge in [-0.2, -0.15) is 0 Å². The number of anilines is 1. The van der Waals surface area contributed by atoms with Gasteiger partial charge in [-0.05, 0) is 61.0 Å². The fourth-order valence-corrected chi connectivity index (χ4v) is 4.62. The molecule has 1 aliphatic rings. The fourth-order valence-electron chi connectivity index (χ4n) is 4.44. The quantitative estimate of drug-likeness (QED) is 0.268. The van der Waals surface area contributed by atoms with Gasteiger partial charge in [0.1, 0.15) is 5.58 Å². The average molecular weight is 540 g/mol. The minimum absolute atomic E-state index is 0.0709. The van der Waals surface area contributed by atoms with Gasteiger partial charge in [0.2, 0.25) is 5.78 Å². The van der Waals surface area contributed by atoms with Crippen molar-refractivity contribution in [1.29, 1.82) is 0 Å². The Hall–Kier alpha value is -4.37. The molecule has 0 saturated heterocycles. The number of rotatable bonds is 7. The zero-order valence-corrected chi connectivity index (χ0v) is 20.9. The predicted octanol–water partition coefficient (Wildman–Crippen LogP) is 6.55. The standard InChI is InChI=1S/C28H20ClF2NO6/c1-3-37-22-11-14(4-8-21(22)36-2)25-24(26(33)23-12-15-10-16(29)5-9-20(15)38-23)27(34)28(35)32(25)17-6-7-18(30)19(31)13-17/h4-13,25,34H,3H2,1-2H3. The largest absolute Gasteiger partial charge is 0.503 e. The Morgan fingerprint density at radius 2 is 1.84 bits per heavy atom. The van der Waals surface area contributed by atoms with Gasteiger partial charge in [-0.1, -0.05) is 17.7 Å². The molecule has 1 atom stereocenters. The number of carbonyl (C=O) groups is 2. The Kier molecular flexibility index (Phi) is 6.54. The number of benzene rings is 3. The van der Waals surface area contributed by atoms with Crippen molar-refractivity contribution in [3.63, 3.8) is 0 Å². The van der Waals surface area contributed by atoms with E-state index in [2.05, 4.69) is 0 Å². The Balaban J connectivity index is 1.69. The lowest BCUT2D eigenvalue weighted by Crippen LogP contribution is -2.31. The van der Waals surface area contributed by atoms with Crippen LogP contribution in [-0.2, 0) is 4.79 Å². The van der Waals surface area contributed by atoms with Crippen molar-refractivity contribution in [3.8, 4) is 11.5 Å². The van der Waals surface area contributed by atoms with Crippen molar-refractivity contribution in [2.75, 3.05) is 18.6 Å². The third kappa shape index (κ3) is 4.24. The van der Waals surface area contributed by atoms with Gasteiger partial charge >= 0.3 is 0 Å². The van der Waals surface area contributed by atoms with Crippen LogP contribution in [0.25, 0.3) is 11.0 Å². The molecule has 5 rings (SSSR count). The number of aliphatic hydroxyl groups is 1. The van der Waals surface area contributed by atoms with Crippen LogP contribution in [0.3, 0.4) is 0 Å². The number of ketones is 1. The molecule has 0 radical (unpaired) electrons. The van der Waals surface area contributed by atoms with E-state index >= 15 is 0 Å². The van der Waals surface area contributed by atoms with Crippen molar-refractivity contribution < 1.29 is 37.4 Å². The summed E-state index contributed by atoms with van der Waals surface area (Å²) >= 11 is 6.05. The molecule has 4 aromatic rings. The first-order valence-electron chi connectivity index (χ1n) is 11.5. The lowest BCUT2D eigenvalue weighted by Gasteiger charge is -2.27. The minimum Gasteiger partial charge on any atom is -0.503 e. The first-order chi connectivity index (χ1) is 18.2. The van der Waals surface area contributed by atoms with E-state index in [1.165, 1.54) is 19.2 Å². The summed E-state index contributed by atoms with van der Waals surface area (Å²) in [5.41, 5.74) is 0.342. The molecule has 38 heavy (non-hydrogen) atoms.